The molecule has 1 aliphatic rings. The zero-order chi connectivity index (χ0) is 21.8. The highest BCUT2D eigenvalue weighted by Gasteiger charge is 2.45. The van der Waals surface area contributed by atoms with E-state index in [0.717, 1.165) is 35.2 Å². The molecule has 1 amide bonds. The summed E-state index contributed by atoms with van der Waals surface area (Å²) in [5.41, 5.74) is 3.77. The van der Waals surface area contributed by atoms with E-state index in [9.17, 15) is 9.18 Å². The number of pyridine rings is 1. The van der Waals surface area contributed by atoms with E-state index < -0.39 is 5.41 Å². The molecule has 1 atom stereocenters. The number of likely N-dealkylation sites (tertiary alicyclic amines) is 1. The van der Waals surface area contributed by atoms with Crippen molar-refractivity contribution in [1.29, 1.82) is 0 Å². The van der Waals surface area contributed by atoms with Gasteiger partial charge >= 0.3 is 0 Å². The van der Waals surface area contributed by atoms with Gasteiger partial charge in [-0.2, -0.15) is 0 Å². The van der Waals surface area contributed by atoms with E-state index in [1.54, 1.807) is 23.2 Å². The molecule has 0 N–H and O–H groups in total. The summed E-state index contributed by atoms with van der Waals surface area (Å²) in [6.07, 6.45) is 5.09. The Morgan fingerprint density at radius 2 is 1.84 bits per heavy atom. The molecule has 2 heterocycles. The summed E-state index contributed by atoms with van der Waals surface area (Å²) < 4.78 is 13.6. The molecule has 0 spiro atoms. The molecule has 0 unspecified atom stereocenters. The van der Waals surface area contributed by atoms with E-state index in [2.05, 4.69) is 28.1 Å². The Kier molecular flexibility index (Phi) is 6.14. The van der Waals surface area contributed by atoms with Crippen molar-refractivity contribution in [2.75, 3.05) is 27.2 Å². The van der Waals surface area contributed by atoms with Crippen molar-refractivity contribution < 1.29 is 9.18 Å². The minimum atomic E-state index is -0.482. The van der Waals surface area contributed by atoms with Crippen molar-refractivity contribution in [3.8, 4) is 11.1 Å². The topological polar surface area (TPSA) is 36.4 Å². The number of nitrogens with zero attached hydrogens (tertiary/aromatic N) is 3. The number of rotatable bonds is 6. The van der Waals surface area contributed by atoms with Gasteiger partial charge in [-0.3, -0.25) is 14.7 Å². The number of carbonyl (C=O) groups is 1. The van der Waals surface area contributed by atoms with E-state index >= 15 is 0 Å². The molecule has 1 aromatic heterocycles. The van der Waals surface area contributed by atoms with Crippen LogP contribution in [0.4, 0.5) is 4.39 Å². The first kappa shape index (κ1) is 21.2. The molecule has 1 fully saturated rings. The fourth-order valence-corrected chi connectivity index (χ4v) is 4.64. The first-order valence-electron chi connectivity index (χ1n) is 10.6. The number of benzene rings is 2. The fourth-order valence-electron chi connectivity index (χ4n) is 4.64. The maximum absolute atomic E-state index is 13.6. The van der Waals surface area contributed by atoms with Crippen molar-refractivity contribution in [2.45, 2.75) is 19.4 Å². The van der Waals surface area contributed by atoms with Gasteiger partial charge in [-0.15, -0.1) is 0 Å². The summed E-state index contributed by atoms with van der Waals surface area (Å²) >= 11 is 0. The zero-order valence-electron chi connectivity index (χ0n) is 18.1. The Labute approximate surface area is 183 Å². The smallest absolute Gasteiger partial charge is 0.229 e. The number of amides is 1. The van der Waals surface area contributed by atoms with Gasteiger partial charge in [0.05, 0.1) is 5.41 Å². The van der Waals surface area contributed by atoms with Crippen LogP contribution < -0.4 is 0 Å². The van der Waals surface area contributed by atoms with E-state index in [-0.39, 0.29) is 11.7 Å². The Morgan fingerprint density at radius 3 is 2.58 bits per heavy atom. The molecular formula is C26H28FN3O. The Balaban J connectivity index is 1.57. The van der Waals surface area contributed by atoms with Gasteiger partial charge in [0.15, 0.2) is 0 Å². The van der Waals surface area contributed by atoms with Crippen LogP contribution in [0, 0.1) is 11.2 Å². The predicted octanol–water partition coefficient (Wildman–Crippen LogP) is 4.41. The van der Waals surface area contributed by atoms with Gasteiger partial charge in [0, 0.05) is 39.6 Å². The number of carbonyl (C=O) groups excluding carboxylic acids is 1. The van der Waals surface area contributed by atoms with Crippen LogP contribution in [0.3, 0.4) is 0 Å². The highest BCUT2D eigenvalue weighted by Crippen LogP contribution is 2.37. The number of hydrogen-bond acceptors (Lipinski definition) is 3. The fraction of sp³-hybridized carbons (Fsp3) is 0.308. The molecule has 0 aliphatic carbocycles. The lowest BCUT2D eigenvalue weighted by atomic mass is 9.79. The minimum absolute atomic E-state index is 0.154. The van der Waals surface area contributed by atoms with Gasteiger partial charge in [0.1, 0.15) is 5.82 Å². The van der Waals surface area contributed by atoms with Crippen LogP contribution in [0.2, 0.25) is 0 Å². The van der Waals surface area contributed by atoms with Gasteiger partial charge in [0.2, 0.25) is 5.91 Å². The van der Waals surface area contributed by atoms with Gasteiger partial charge in [-0.1, -0.05) is 42.5 Å². The Morgan fingerprint density at radius 1 is 1.06 bits per heavy atom. The molecule has 4 rings (SSSR count). The maximum Gasteiger partial charge on any atom is 0.229 e. The van der Waals surface area contributed by atoms with E-state index in [4.69, 9.17) is 0 Å². The van der Waals surface area contributed by atoms with Gasteiger partial charge in [-0.05, 0) is 59.8 Å². The number of aromatic nitrogens is 1. The maximum atomic E-state index is 13.6. The lowest BCUT2D eigenvalue weighted by Crippen LogP contribution is -2.43. The van der Waals surface area contributed by atoms with Crippen molar-refractivity contribution in [1.82, 2.24) is 14.8 Å². The van der Waals surface area contributed by atoms with E-state index in [0.29, 0.717) is 19.5 Å². The summed E-state index contributed by atoms with van der Waals surface area (Å²) in [6, 6.07) is 19.1. The third kappa shape index (κ3) is 4.83. The number of hydrogen-bond donors (Lipinski definition) is 0. The van der Waals surface area contributed by atoms with Crippen LogP contribution in [0.25, 0.3) is 11.1 Å². The van der Waals surface area contributed by atoms with Crippen LogP contribution in [0.15, 0.2) is 73.1 Å². The molecular weight excluding hydrogens is 389 g/mol. The van der Waals surface area contributed by atoms with Crippen LogP contribution in [-0.2, 0) is 17.8 Å². The summed E-state index contributed by atoms with van der Waals surface area (Å²) in [6.45, 7) is 2.13. The highest BCUT2D eigenvalue weighted by atomic mass is 19.1. The molecule has 1 saturated heterocycles. The lowest BCUT2D eigenvalue weighted by molar-refractivity contribution is -0.138. The standard InChI is InChI=1S/C26H28FN3O/c1-29(2)25(31)26(11-13-30(19-26)18-21-7-4-10-24(27)15-21)16-20-6-3-8-22(14-20)23-9-5-12-28-17-23/h3-10,12,14-15,17H,11,13,16,18-19H2,1-2H3/t26-/m1/s1. The second-order valence-electron chi connectivity index (χ2n) is 8.69. The van der Waals surface area contributed by atoms with Crippen LogP contribution in [-0.4, -0.2) is 47.9 Å². The molecule has 0 bridgehead atoms. The molecule has 5 heteroatoms. The van der Waals surface area contributed by atoms with Crippen molar-refractivity contribution in [3.05, 3.63) is 90.0 Å². The Hall–Kier alpha value is -3.05. The molecule has 0 radical (unpaired) electrons. The SMILES string of the molecule is CN(C)C(=O)[C@@]1(Cc2cccc(-c3cccnc3)c2)CCN(Cc2cccc(F)c2)C1. The summed E-state index contributed by atoms with van der Waals surface area (Å²) in [4.78, 5) is 21.5. The zero-order valence-corrected chi connectivity index (χ0v) is 18.1. The van der Waals surface area contributed by atoms with Crippen molar-refractivity contribution in [3.63, 3.8) is 0 Å². The highest BCUT2D eigenvalue weighted by molar-refractivity contribution is 5.83. The first-order valence-corrected chi connectivity index (χ1v) is 10.6. The van der Waals surface area contributed by atoms with Crippen LogP contribution in [0.1, 0.15) is 17.5 Å². The largest absolute Gasteiger partial charge is 0.348 e. The van der Waals surface area contributed by atoms with Crippen molar-refractivity contribution >= 4 is 5.91 Å². The second kappa shape index (κ2) is 8.98. The predicted molar refractivity (Wildman–Crippen MR) is 121 cm³/mol. The van der Waals surface area contributed by atoms with E-state index in [1.165, 1.54) is 6.07 Å². The molecule has 1 aliphatic heterocycles. The van der Waals surface area contributed by atoms with Gasteiger partial charge in [0.25, 0.3) is 0 Å². The molecule has 2 aromatic carbocycles. The molecule has 3 aromatic rings. The molecule has 0 saturated carbocycles. The second-order valence-corrected chi connectivity index (χ2v) is 8.69. The lowest BCUT2D eigenvalue weighted by Gasteiger charge is -2.31. The molecule has 4 nitrogen and oxygen atoms in total. The summed E-state index contributed by atoms with van der Waals surface area (Å²) in [7, 11) is 3.65. The summed E-state index contributed by atoms with van der Waals surface area (Å²) in [5, 5.41) is 0. The van der Waals surface area contributed by atoms with Crippen molar-refractivity contribution in [2.24, 2.45) is 5.41 Å². The minimum Gasteiger partial charge on any atom is -0.348 e. The van der Waals surface area contributed by atoms with E-state index in [1.807, 2.05) is 44.6 Å². The third-order valence-corrected chi connectivity index (χ3v) is 6.05. The quantitative estimate of drug-likeness (QED) is 0.596. The van der Waals surface area contributed by atoms with Gasteiger partial charge < -0.3 is 4.90 Å². The Bertz CT molecular complexity index is 1050. The average molecular weight is 418 g/mol. The molecule has 160 valence electrons. The normalized spacial score (nSPS) is 18.8. The third-order valence-electron chi connectivity index (χ3n) is 6.05. The molecule has 31 heavy (non-hydrogen) atoms. The number of halogens is 1. The first-order chi connectivity index (χ1) is 14.9. The van der Waals surface area contributed by atoms with Crippen LogP contribution >= 0.6 is 0 Å². The summed E-state index contributed by atoms with van der Waals surface area (Å²) in [5.74, 6) is -0.0689. The monoisotopic (exact) mass is 417 g/mol. The van der Waals surface area contributed by atoms with Gasteiger partial charge in [-0.25, -0.2) is 4.39 Å². The van der Waals surface area contributed by atoms with Crippen LogP contribution in [0.5, 0.6) is 0 Å². The average Bonchev–Trinajstić information content (AvgIpc) is 3.17.